The molecule has 3 rings (SSSR count). The van der Waals surface area contributed by atoms with Gasteiger partial charge in [-0.15, -0.1) is 0 Å². The SMILES string of the molecule is NC(Cc1c[nH]c2ccccc12)C(=O)N1CC(C(=O)O)C1. The summed E-state index contributed by atoms with van der Waals surface area (Å²) in [4.78, 5) is 27.6. The second-order valence-electron chi connectivity index (χ2n) is 5.45. The van der Waals surface area contributed by atoms with Gasteiger partial charge < -0.3 is 20.7 Å². The first-order valence-corrected chi connectivity index (χ1v) is 6.88. The second kappa shape index (κ2) is 5.21. The summed E-state index contributed by atoms with van der Waals surface area (Å²) < 4.78 is 0. The number of aromatic nitrogens is 1. The first-order valence-electron chi connectivity index (χ1n) is 6.88. The number of carboxylic acids is 1. The van der Waals surface area contributed by atoms with Gasteiger partial charge in [0.1, 0.15) is 0 Å². The lowest BCUT2D eigenvalue weighted by Crippen LogP contribution is -2.57. The Hall–Kier alpha value is -2.34. The molecule has 1 saturated heterocycles. The number of carboxylic acid groups (broad SMARTS) is 1. The summed E-state index contributed by atoms with van der Waals surface area (Å²) in [5, 5.41) is 9.89. The molecule has 1 aromatic carbocycles. The van der Waals surface area contributed by atoms with Crippen molar-refractivity contribution in [3.8, 4) is 0 Å². The second-order valence-corrected chi connectivity index (χ2v) is 5.45. The monoisotopic (exact) mass is 287 g/mol. The van der Waals surface area contributed by atoms with E-state index in [1.54, 1.807) is 0 Å². The smallest absolute Gasteiger partial charge is 0.310 e. The summed E-state index contributed by atoms with van der Waals surface area (Å²) in [5.74, 6) is -1.49. The zero-order valence-electron chi connectivity index (χ0n) is 11.5. The minimum Gasteiger partial charge on any atom is -0.481 e. The Balaban J connectivity index is 1.65. The van der Waals surface area contributed by atoms with Crippen LogP contribution in [-0.2, 0) is 16.0 Å². The number of carbonyl (C=O) groups excluding carboxylic acids is 1. The molecule has 4 N–H and O–H groups in total. The number of hydrogen-bond donors (Lipinski definition) is 3. The Labute approximate surface area is 121 Å². The number of carbonyl (C=O) groups is 2. The predicted molar refractivity (Wildman–Crippen MR) is 77.7 cm³/mol. The van der Waals surface area contributed by atoms with E-state index in [0.29, 0.717) is 6.42 Å². The number of hydrogen-bond acceptors (Lipinski definition) is 3. The number of rotatable bonds is 4. The van der Waals surface area contributed by atoms with Gasteiger partial charge in [-0.3, -0.25) is 9.59 Å². The molecule has 0 spiro atoms. The maximum Gasteiger partial charge on any atom is 0.310 e. The predicted octanol–water partition coefficient (Wildman–Crippen LogP) is 0.581. The van der Waals surface area contributed by atoms with Crippen LogP contribution < -0.4 is 5.73 Å². The Morgan fingerprint density at radius 3 is 2.81 bits per heavy atom. The van der Waals surface area contributed by atoms with Crippen LogP contribution in [0.25, 0.3) is 10.9 Å². The third kappa shape index (κ3) is 2.50. The van der Waals surface area contributed by atoms with Gasteiger partial charge in [0.25, 0.3) is 0 Å². The van der Waals surface area contributed by atoms with Crippen LogP contribution in [0.5, 0.6) is 0 Å². The van der Waals surface area contributed by atoms with Crippen molar-refractivity contribution in [2.45, 2.75) is 12.5 Å². The largest absolute Gasteiger partial charge is 0.481 e. The molecule has 21 heavy (non-hydrogen) atoms. The number of amides is 1. The molecule has 1 aliphatic heterocycles. The van der Waals surface area contributed by atoms with Crippen molar-refractivity contribution in [2.75, 3.05) is 13.1 Å². The molecule has 0 bridgehead atoms. The fourth-order valence-electron chi connectivity index (χ4n) is 2.67. The Kier molecular flexibility index (Phi) is 3.39. The van der Waals surface area contributed by atoms with E-state index in [0.717, 1.165) is 16.5 Å². The Morgan fingerprint density at radius 2 is 2.10 bits per heavy atom. The first kappa shape index (κ1) is 13.6. The number of aliphatic carboxylic acids is 1. The van der Waals surface area contributed by atoms with Crippen molar-refractivity contribution >= 4 is 22.8 Å². The third-order valence-electron chi connectivity index (χ3n) is 3.97. The Morgan fingerprint density at radius 1 is 1.38 bits per heavy atom. The van der Waals surface area contributed by atoms with Crippen molar-refractivity contribution in [3.05, 3.63) is 36.0 Å². The van der Waals surface area contributed by atoms with Gasteiger partial charge in [0.15, 0.2) is 0 Å². The van der Waals surface area contributed by atoms with Gasteiger partial charge in [0.05, 0.1) is 12.0 Å². The lowest BCUT2D eigenvalue weighted by molar-refractivity contribution is -0.153. The molecule has 2 heterocycles. The Bertz CT molecular complexity index is 688. The van der Waals surface area contributed by atoms with Crippen molar-refractivity contribution in [1.82, 2.24) is 9.88 Å². The molecular formula is C15H17N3O3. The van der Waals surface area contributed by atoms with E-state index >= 15 is 0 Å². The summed E-state index contributed by atoms with van der Waals surface area (Å²) in [7, 11) is 0. The molecule has 1 aromatic heterocycles. The van der Waals surface area contributed by atoms with Crippen molar-refractivity contribution < 1.29 is 14.7 Å². The molecule has 0 saturated carbocycles. The van der Waals surface area contributed by atoms with Gasteiger partial charge in [0, 0.05) is 30.2 Å². The first-order chi connectivity index (χ1) is 10.1. The standard InChI is InChI=1S/C15H17N3O3/c16-12(14(19)18-7-10(8-18)15(20)21)5-9-6-17-13-4-2-1-3-11(9)13/h1-4,6,10,12,17H,5,7-8,16H2,(H,20,21). The highest BCUT2D eigenvalue weighted by Gasteiger charge is 2.37. The summed E-state index contributed by atoms with van der Waals surface area (Å²) in [6.45, 7) is 0.519. The summed E-state index contributed by atoms with van der Waals surface area (Å²) in [6, 6.07) is 7.21. The summed E-state index contributed by atoms with van der Waals surface area (Å²) in [6.07, 6.45) is 2.31. The molecule has 1 fully saturated rings. The van der Waals surface area contributed by atoms with Gasteiger partial charge in [-0.1, -0.05) is 18.2 Å². The lowest BCUT2D eigenvalue weighted by atomic mass is 9.97. The van der Waals surface area contributed by atoms with E-state index in [1.807, 2.05) is 30.5 Å². The maximum absolute atomic E-state index is 12.2. The molecular weight excluding hydrogens is 270 g/mol. The van der Waals surface area contributed by atoms with Crippen molar-refractivity contribution in [1.29, 1.82) is 0 Å². The quantitative estimate of drug-likeness (QED) is 0.766. The molecule has 6 heteroatoms. The number of nitrogens with two attached hydrogens (primary N) is 1. The van der Waals surface area contributed by atoms with Crippen LogP contribution >= 0.6 is 0 Å². The number of fused-ring (bicyclic) bond motifs is 1. The van der Waals surface area contributed by atoms with Crippen LogP contribution in [0.2, 0.25) is 0 Å². The van der Waals surface area contributed by atoms with Crippen LogP contribution in [0.3, 0.4) is 0 Å². The summed E-state index contributed by atoms with van der Waals surface area (Å²) in [5.41, 5.74) is 8.00. The zero-order valence-corrected chi connectivity index (χ0v) is 11.5. The van der Waals surface area contributed by atoms with Crippen LogP contribution in [-0.4, -0.2) is 46.0 Å². The van der Waals surface area contributed by atoms with Gasteiger partial charge in [-0.25, -0.2) is 0 Å². The number of nitrogens with zero attached hydrogens (tertiary/aromatic N) is 1. The van der Waals surface area contributed by atoms with E-state index in [1.165, 1.54) is 4.90 Å². The number of aromatic amines is 1. The van der Waals surface area contributed by atoms with E-state index < -0.39 is 17.9 Å². The van der Waals surface area contributed by atoms with Crippen LogP contribution in [0.4, 0.5) is 0 Å². The average Bonchev–Trinajstić information content (AvgIpc) is 2.80. The molecule has 1 unspecified atom stereocenters. The van der Waals surface area contributed by atoms with Gasteiger partial charge in [0.2, 0.25) is 5.91 Å². The van der Waals surface area contributed by atoms with E-state index in [-0.39, 0.29) is 19.0 Å². The maximum atomic E-state index is 12.2. The molecule has 110 valence electrons. The molecule has 2 aromatic rings. The van der Waals surface area contributed by atoms with Crippen LogP contribution in [0, 0.1) is 5.92 Å². The molecule has 6 nitrogen and oxygen atoms in total. The van der Waals surface area contributed by atoms with Crippen molar-refractivity contribution in [2.24, 2.45) is 11.7 Å². The number of benzene rings is 1. The highest BCUT2D eigenvalue weighted by atomic mass is 16.4. The van der Waals surface area contributed by atoms with Gasteiger partial charge in [-0.05, 0) is 18.1 Å². The van der Waals surface area contributed by atoms with Crippen molar-refractivity contribution in [3.63, 3.8) is 0 Å². The fourth-order valence-corrected chi connectivity index (χ4v) is 2.67. The number of H-pyrrole nitrogens is 1. The van der Waals surface area contributed by atoms with E-state index in [4.69, 9.17) is 10.8 Å². The average molecular weight is 287 g/mol. The molecule has 1 amide bonds. The molecule has 0 aliphatic carbocycles. The zero-order chi connectivity index (χ0) is 15.0. The number of likely N-dealkylation sites (tertiary alicyclic amines) is 1. The van der Waals surface area contributed by atoms with Gasteiger partial charge in [-0.2, -0.15) is 0 Å². The normalized spacial score (nSPS) is 16.7. The minimum atomic E-state index is -0.857. The molecule has 1 aliphatic rings. The minimum absolute atomic E-state index is 0.183. The van der Waals surface area contributed by atoms with E-state index in [9.17, 15) is 9.59 Å². The topological polar surface area (TPSA) is 99.4 Å². The number of nitrogens with one attached hydrogen (secondary N) is 1. The van der Waals surface area contributed by atoms with Gasteiger partial charge >= 0.3 is 5.97 Å². The fraction of sp³-hybridized carbons (Fsp3) is 0.333. The highest BCUT2D eigenvalue weighted by molar-refractivity contribution is 5.87. The molecule has 1 atom stereocenters. The van der Waals surface area contributed by atoms with Crippen LogP contribution in [0.1, 0.15) is 5.56 Å². The third-order valence-corrected chi connectivity index (χ3v) is 3.97. The highest BCUT2D eigenvalue weighted by Crippen LogP contribution is 2.21. The lowest BCUT2D eigenvalue weighted by Gasteiger charge is -2.38. The molecule has 0 radical (unpaired) electrons. The summed E-state index contributed by atoms with van der Waals surface area (Å²) >= 11 is 0. The van der Waals surface area contributed by atoms with Crippen LogP contribution in [0.15, 0.2) is 30.5 Å². The number of para-hydroxylation sites is 1. The van der Waals surface area contributed by atoms with E-state index in [2.05, 4.69) is 4.98 Å².